The molecule has 0 amide bonds. The van der Waals surface area contributed by atoms with E-state index in [0.717, 1.165) is 45.9 Å². The third kappa shape index (κ3) is 6.28. The summed E-state index contributed by atoms with van der Waals surface area (Å²) in [7, 11) is -4.64. The molecule has 0 heterocycles. The second-order valence-electron chi connectivity index (χ2n) is 6.97. The highest BCUT2D eigenvalue weighted by atomic mass is 31.2. The first-order chi connectivity index (χ1) is 15.3. The minimum atomic E-state index is -4.64. The summed E-state index contributed by atoms with van der Waals surface area (Å²) in [6.45, 7) is 2.07. The van der Waals surface area contributed by atoms with Crippen LogP contribution in [-0.4, -0.2) is 20.9 Å². The van der Waals surface area contributed by atoms with Crippen LogP contribution in [0.4, 0.5) is 0 Å². The number of hydrogen-bond acceptors (Lipinski definition) is 3. The highest BCUT2D eigenvalue weighted by molar-refractivity contribution is 7.46. The summed E-state index contributed by atoms with van der Waals surface area (Å²) in [5, 5.41) is 8.84. The van der Waals surface area contributed by atoms with E-state index in [2.05, 4.69) is 11.4 Å². The molecule has 0 aliphatic rings. The van der Waals surface area contributed by atoms with Crippen LogP contribution in [-0.2, 0) is 9.36 Å². The molecule has 0 fully saturated rings. The first-order valence-corrected chi connectivity index (χ1v) is 11.5. The molecular formula is C25H23O6P. The van der Waals surface area contributed by atoms with Gasteiger partial charge in [0.2, 0.25) is 0 Å². The maximum Gasteiger partial charge on any atom is 0.524 e. The number of benzene rings is 3. The molecule has 164 valence electrons. The number of phosphoric acid groups is 1. The van der Waals surface area contributed by atoms with E-state index >= 15 is 0 Å². The van der Waals surface area contributed by atoms with Crippen molar-refractivity contribution in [1.82, 2.24) is 0 Å². The van der Waals surface area contributed by atoms with Crippen LogP contribution < -0.4 is 4.52 Å². The van der Waals surface area contributed by atoms with Crippen molar-refractivity contribution in [2.45, 2.75) is 13.3 Å². The van der Waals surface area contributed by atoms with Crippen molar-refractivity contribution in [1.29, 1.82) is 0 Å². The average Bonchev–Trinajstić information content (AvgIpc) is 2.77. The molecule has 0 saturated heterocycles. The molecule has 0 aromatic heterocycles. The Morgan fingerprint density at radius 2 is 1.44 bits per heavy atom. The average molecular weight is 450 g/mol. The largest absolute Gasteiger partial charge is 0.524 e. The number of carbonyl (C=O) groups is 1. The van der Waals surface area contributed by atoms with Gasteiger partial charge in [0.05, 0.1) is 0 Å². The van der Waals surface area contributed by atoms with E-state index in [0.29, 0.717) is 0 Å². The Kier molecular flexibility index (Phi) is 7.44. The molecule has 0 atom stereocenters. The molecule has 3 aromatic carbocycles. The number of carboxylic acids is 1. The van der Waals surface area contributed by atoms with Crippen LogP contribution in [0.3, 0.4) is 0 Å². The molecular weight excluding hydrogens is 427 g/mol. The van der Waals surface area contributed by atoms with Gasteiger partial charge in [-0.3, -0.25) is 9.79 Å². The van der Waals surface area contributed by atoms with Crippen molar-refractivity contribution in [3.05, 3.63) is 107 Å². The van der Waals surface area contributed by atoms with Crippen molar-refractivity contribution in [2.75, 3.05) is 0 Å². The zero-order valence-corrected chi connectivity index (χ0v) is 18.3. The molecule has 0 aliphatic carbocycles. The number of phosphoric ester groups is 1. The molecule has 3 rings (SSSR count). The van der Waals surface area contributed by atoms with E-state index in [-0.39, 0.29) is 5.75 Å². The molecule has 0 bridgehead atoms. The van der Waals surface area contributed by atoms with Crippen LogP contribution in [0.1, 0.15) is 35.6 Å². The number of rotatable bonds is 8. The molecule has 6 nitrogen and oxygen atoms in total. The van der Waals surface area contributed by atoms with Crippen LogP contribution in [0.2, 0.25) is 0 Å². The molecule has 32 heavy (non-hydrogen) atoms. The van der Waals surface area contributed by atoms with E-state index in [4.69, 9.17) is 14.9 Å². The number of allylic oxidation sites excluding steroid dienone is 1. The van der Waals surface area contributed by atoms with Crippen LogP contribution in [0.25, 0.3) is 17.2 Å². The van der Waals surface area contributed by atoms with Gasteiger partial charge in [-0.05, 0) is 58.0 Å². The van der Waals surface area contributed by atoms with Gasteiger partial charge < -0.3 is 9.63 Å². The Morgan fingerprint density at radius 3 is 1.94 bits per heavy atom. The van der Waals surface area contributed by atoms with Crippen molar-refractivity contribution in [3.8, 4) is 5.75 Å². The van der Waals surface area contributed by atoms with Gasteiger partial charge in [0, 0.05) is 6.08 Å². The van der Waals surface area contributed by atoms with Crippen molar-refractivity contribution >= 4 is 31.0 Å². The Balaban J connectivity index is 2.11. The molecule has 3 aromatic rings. The second kappa shape index (κ2) is 10.2. The number of aliphatic carboxylic acids is 1. The lowest BCUT2D eigenvalue weighted by atomic mass is 9.88. The van der Waals surface area contributed by atoms with Gasteiger partial charge in [-0.15, -0.1) is 0 Å². The smallest absolute Gasteiger partial charge is 0.478 e. The quantitative estimate of drug-likeness (QED) is 0.234. The van der Waals surface area contributed by atoms with Crippen LogP contribution in [0.15, 0.2) is 84.9 Å². The fourth-order valence-corrected chi connectivity index (χ4v) is 3.82. The second-order valence-corrected chi connectivity index (χ2v) is 8.14. The Labute approximate surface area is 186 Å². The minimum absolute atomic E-state index is 0.0772. The van der Waals surface area contributed by atoms with E-state index in [1.807, 2.05) is 54.6 Å². The topological polar surface area (TPSA) is 104 Å². The van der Waals surface area contributed by atoms with E-state index < -0.39 is 13.8 Å². The molecule has 0 unspecified atom stereocenters. The number of hydrogen-bond donors (Lipinski definition) is 3. The van der Waals surface area contributed by atoms with Crippen molar-refractivity contribution in [2.24, 2.45) is 0 Å². The molecule has 0 saturated carbocycles. The highest BCUT2D eigenvalue weighted by Crippen LogP contribution is 2.39. The Morgan fingerprint density at radius 1 is 0.875 bits per heavy atom. The number of carboxylic acid groups (broad SMARTS) is 1. The van der Waals surface area contributed by atoms with Gasteiger partial charge in [-0.1, -0.05) is 73.7 Å². The lowest BCUT2D eigenvalue weighted by Gasteiger charge is -2.17. The fourth-order valence-electron chi connectivity index (χ4n) is 3.43. The first kappa shape index (κ1) is 23.2. The predicted molar refractivity (Wildman–Crippen MR) is 125 cm³/mol. The summed E-state index contributed by atoms with van der Waals surface area (Å²) < 4.78 is 15.8. The van der Waals surface area contributed by atoms with Gasteiger partial charge in [-0.25, -0.2) is 9.36 Å². The van der Waals surface area contributed by atoms with Crippen molar-refractivity contribution in [3.63, 3.8) is 0 Å². The van der Waals surface area contributed by atoms with E-state index in [1.165, 1.54) is 18.2 Å². The standard InChI is InChI=1S/C25H23O6P/c1-2-23(19-6-4-3-5-7-19)25(20-11-8-18(9-12-20)10-17-24(26)27)21-13-15-22(16-14-21)31-32(28,29)30/h3-17H,2H2,1H3,(H,26,27)(H2,28,29,30)/b17-10+,25-23+. The normalized spacial score (nSPS) is 12.5. The molecule has 0 aliphatic heterocycles. The van der Waals surface area contributed by atoms with Gasteiger partial charge in [-0.2, -0.15) is 0 Å². The van der Waals surface area contributed by atoms with Crippen molar-refractivity contribution < 1.29 is 28.8 Å². The van der Waals surface area contributed by atoms with Gasteiger partial charge in [0.25, 0.3) is 0 Å². The maximum atomic E-state index is 11.1. The molecule has 0 spiro atoms. The first-order valence-electron chi connectivity index (χ1n) is 9.92. The summed E-state index contributed by atoms with van der Waals surface area (Å²) in [5.74, 6) is -0.932. The predicted octanol–water partition coefficient (Wildman–Crippen LogP) is 5.63. The summed E-state index contributed by atoms with van der Waals surface area (Å²) >= 11 is 0. The van der Waals surface area contributed by atoms with Crippen LogP contribution in [0.5, 0.6) is 5.75 Å². The monoisotopic (exact) mass is 450 g/mol. The van der Waals surface area contributed by atoms with Gasteiger partial charge in [0.15, 0.2) is 0 Å². The SMILES string of the molecule is CC/C(=C(/c1ccc(/C=C/C(=O)O)cc1)c1ccc(OP(=O)(O)O)cc1)c1ccccc1. The van der Waals surface area contributed by atoms with Gasteiger partial charge in [0.1, 0.15) is 5.75 Å². The molecule has 3 N–H and O–H groups in total. The molecule has 0 radical (unpaired) electrons. The zero-order valence-electron chi connectivity index (χ0n) is 17.4. The lowest BCUT2D eigenvalue weighted by molar-refractivity contribution is -0.131. The summed E-state index contributed by atoms with van der Waals surface area (Å²) in [5.41, 5.74) is 5.69. The molecule has 7 heteroatoms. The third-order valence-corrected chi connectivity index (χ3v) is 5.21. The summed E-state index contributed by atoms with van der Waals surface area (Å²) in [6.07, 6.45) is 3.37. The maximum absolute atomic E-state index is 11.1. The minimum Gasteiger partial charge on any atom is -0.478 e. The van der Waals surface area contributed by atoms with Crippen LogP contribution >= 0.6 is 7.82 Å². The van der Waals surface area contributed by atoms with E-state index in [9.17, 15) is 9.36 Å². The third-order valence-electron chi connectivity index (χ3n) is 4.76. The zero-order chi connectivity index (χ0) is 23.1. The highest BCUT2D eigenvalue weighted by Gasteiger charge is 2.17. The lowest BCUT2D eigenvalue weighted by Crippen LogP contribution is -1.96. The van der Waals surface area contributed by atoms with Gasteiger partial charge >= 0.3 is 13.8 Å². The van der Waals surface area contributed by atoms with Crippen LogP contribution in [0, 0.1) is 0 Å². The Hall–Kier alpha value is -3.44. The summed E-state index contributed by atoms with van der Waals surface area (Å²) in [6, 6.07) is 24.1. The fraction of sp³-hybridized carbons (Fsp3) is 0.0800. The van der Waals surface area contributed by atoms with E-state index in [1.54, 1.807) is 12.1 Å². The Bertz CT molecular complexity index is 1170. The summed E-state index contributed by atoms with van der Waals surface area (Å²) in [4.78, 5) is 28.9.